The number of fused-ring (bicyclic) bond motifs is 1. The summed E-state index contributed by atoms with van der Waals surface area (Å²) in [5, 5.41) is 8.72. The third kappa shape index (κ3) is 7.50. The van der Waals surface area contributed by atoms with Crippen LogP contribution in [0.25, 0.3) is 0 Å². The minimum absolute atomic E-state index is 0.00843. The van der Waals surface area contributed by atoms with Crippen LogP contribution in [-0.4, -0.2) is 65.0 Å². The van der Waals surface area contributed by atoms with Crippen molar-refractivity contribution in [2.24, 2.45) is 29.1 Å². The zero-order chi connectivity index (χ0) is 29.9. The first kappa shape index (κ1) is 31.5. The third-order valence-corrected chi connectivity index (χ3v) is 9.96. The van der Waals surface area contributed by atoms with Gasteiger partial charge >= 0.3 is 0 Å². The lowest BCUT2D eigenvalue weighted by molar-refractivity contribution is -0.146. The Kier molecular flexibility index (Phi) is 10.2. The number of amides is 4. The molecule has 4 fully saturated rings. The largest absolute Gasteiger partial charge is 0.347 e. The van der Waals surface area contributed by atoms with Gasteiger partial charge in [0, 0.05) is 18.5 Å². The summed E-state index contributed by atoms with van der Waals surface area (Å²) in [6.07, 6.45) is 11.1. The molecule has 4 aliphatic rings. The van der Waals surface area contributed by atoms with E-state index in [9.17, 15) is 24.0 Å². The lowest BCUT2D eigenvalue weighted by atomic mass is 9.79. The van der Waals surface area contributed by atoms with Crippen molar-refractivity contribution in [3.05, 3.63) is 0 Å². The predicted octanol–water partition coefficient (Wildman–Crippen LogP) is 3.49. The topological polar surface area (TPSA) is 125 Å². The first-order valence-corrected chi connectivity index (χ1v) is 16.2. The second-order valence-corrected chi connectivity index (χ2v) is 14.2. The van der Waals surface area contributed by atoms with Crippen molar-refractivity contribution in [2.45, 2.75) is 136 Å². The molecule has 6 atom stereocenters. The van der Waals surface area contributed by atoms with Gasteiger partial charge in [-0.3, -0.25) is 24.0 Å². The van der Waals surface area contributed by atoms with E-state index in [0.717, 1.165) is 57.8 Å². The van der Waals surface area contributed by atoms with Crippen LogP contribution in [0.4, 0.5) is 0 Å². The molecule has 3 N–H and O–H groups in total. The molecular formula is C32H52N4O5. The van der Waals surface area contributed by atoms with Crippen molar-refractivity contribution in [1.82, 2.24) is 20.9 Å². The van der Waals surface area contributed by atoms with E-state index in [1.807, 2.05) is 34.6 Å². The number of carbonyl (C=O) groups is 5. The van der Waals surface area contributed by atoms with E-state index in [1.54, 1.807) is 4.90 Å². The molecule has 1 saturated heterocycles. The number of rotatable bonds is 11. The highest BCUT2D eigenvalue weighted by molar-refractivity contribution is 6.38. The minimum atomic E-state index is -0.918. The van der Waals surface area contributed by atoms with Crippen LogP contribution in [0.15, 0.2) is 0 Å². The van der Waals surface area contributed by atoms with Crippen molar-refractivity contribution in [3.63, 3.8) is 0 Å². The lowest BCUT2D eigenvalue weighted by Gasteiger charge is -2.37. The smallest absolute Gasteiger partial charge is 0.289 e. The van der Waals surface area contributed by atoms with Crippen LogP contribution >= 0.6 is 0 Å². The summed E-state index contributed by atoms with van der Waals surface area (Å²) in [6.45, 7) is 10.2. The zero-order valence-corrected chi connectivity index (χ0v) is 25.8. The number of Topliss-reactive ketones (excluding diaryl/α,β-unsaturated/α-hetero) is 1. The van der Waals surface area contributed by atoms with Gasteiger partial charge in [-0.15, -0.1) is 0 Å². The highest BCUT2D eigenvalue weighted by atomic mass is 16.2. The molecule has 1 heterocycles. The first-order chi connectivity index (χ1) is 19.4. The highest BCUT2D eigenvalue weighted by Gasteiger charge is 2.52. The number of carbonyl (C=O) groups excluding carboxylic acids is 5. The summed E-state index contributed by atoms with van der Waals surface area (Å²) >= 11 is 0. The van der Waals surface area contributed by atoms with Gasteiger partial charge in [0.1, 0.15) is 12.1 Å². The number of hydrogen-bond acceptors (Lipinski definition) is 5. The molecule has 0 spiro atoms. The van der Waals surface area contributed by atoms with E-state index in [2.05, 4.69) is 16.0 Å². The molecule has 0 aromatic heterocycles. The molecular weight excluding hydrogens is 520 g/mol. The number of nitrogens with zero attached hydrogens (tertiary/aromatic N) is 1. The number of ketones is 1. The zero-order valence-electron chi connectivity index (χ0n) is 25.8. The Balaban J connectivity index is 1.51. The van der Waals surface area contributed by atoms with Crippen molar-refractivity contribution in [1.29, 1.82) is 0 Å². The van der Waals surface area contributed by atoms with E-state index in [1.165, 1.54) is 6.42 Å². The number of likely N-dealkylation sites (tertiary alicyclic amines) is 1. The Bertz CT molecular complexity index is 997. The highest BCUT2D eigenvalue weighted by Crippen LogP contribution is 2.43. The Morgan fingerprint density at radius 3 is 2.17 bits per heavy atom. The molecule has 1 aliphatic heterocycles. The summed E-state index contributed by atoms with van der Waals surface area (Å²) in [5.74, 6) is -1.59. The van der Waals surface area contributed by atoms with Crippen LogP contribution in [0, 0.1) is 29.1 Å². The van der Waals surface area contributed by atoms with Gasteiger partial charge in [0.25, 0.3) is 5.91 Å². The van der Waals surface area contributed by atoms with Crippen LogP contribution in [-0.2, 0) is 24.0 Å². The molecule has 4 amide bonds. The van der Waals surface area contributed by atoms with Crippen LogP contribution in [0.1, 0.15) is 112 Å². The number of nitrogens with one attached hydrogen (secondary N) is 3. The molecule has 4 rings (SSSR count). The fourth-order valence-electron chi connectivity index (χ4n) is 7.26. The molecule has 230 valence electrons. The van der Waals surface area contributed by atoms with Gasteiger partial charge < -0.3 is 20.9 Å². The maximum absolute atomic E-state index is 14.3. The molecule has 0 aromatic carbocycles. The second-order valence-electron chi connectivity index (χ2n) is 14.2. The second kappa shape index (κ2) is 13.2. The van der Waals surface area contributed by atoms with E-state index in [4.69, 9.17) is 0 Å². The molecule has 0 unspecified atom stereocenters. The average Bonchev–Trinajstić information content (AvgIpc) is 3.50. The molecule has 0 bridgehead atoms. The van der Waals surface area contributed by atoms with Crippen LogP contribution in [0.2, 0.25) is 0 Å². The Morgan fingerprint density at radius 2 is 1.56 bits per heavy atom. The maximum atomic E-state index is 14.3. The van der Waals surface area contributed by atoms with E-state index in [-0.39, 0.29) is 41.5 Å². The van der Waals surface area contributed by atoms with E-state index >= 15 is 0 Å². The molecule has 41 heavy (non-hydrogen) atoms. The lowest BCUT2D eigenvalue weighted by Crippen LogP contribution is -2.60. The molecule has 0 radical (unpaired) electrons. The summed E-state index contributed by atoms with van der Waals surface area (Å²) in [5.41, 5.74) is -0.556. The first-order valence-electron chi connectivity index (χ1n) is 16.2. The van der Waals surface area contributed by atoms with Gasteiger partial charge in [-0.25, -0.2) is 0 Å². The SMILES string of the molecule is CCC[C@@H](NC(=O)[C@H]1[C@H]2CCC[C@H]2CN1C(=O)[C@H](NC(=O)[C@H](C)C1CCCCC1)C(C)(C)C)C(=O)C(=O)NC1CC1. The fraction of sp³-hybridized carbons (Fsp3) is 0.844. The minimum Gasteiger partial charge on any atom is -0.347 e. The molecule has 3 saturated carbocycles. The summed E-state index contributed by atoms with van der Waals surface area (Å²) < 4.78 is 0. The molecule has 3 aliphatic carbocycles. The van der Waals surface area contributed by atoms with Gasteiger partial charge in [-0.05, 0) is 68.1 Å². The standard InChI is InChI=1S/C32H52N4O5/c1-6-11-24(26(37)30(40)33-22-16-17-22)34-29(39)25-23-15-10-14-21(23)18-36(25)31(41)27(32(3,4)5)35-28(38)19(2)20-12-8-7-9-13-20/h19-25,27H,6-18H2,1-5H3,(H,33,40)(H,34,39)(H,35,38)/t19-,21+,23+,24-,25-,27+/m1/s1. The summed E-state index contributed by atoms with van der Waals surface area (Å²) in [4.78, 5) is 68.8. The Labute approximate surface area is 245 Å². The van der Waals surface area contributed by atoms with Crippen molar-refractivity contribution in [3.8, 4) is 0 Å². The van der Waals surface area contributed by atoms with Gasteiger partial charge in [0.05, 0.1) is 6.04 Å². The normalized spacial score (nSPS) is 27.0. The quantitative estimate of drug-likeness (QED) is 0.327. The van der Waals surface area contributed by atoms with Gasteiger partial charge in [-0.1, -0.05) is 66.7 Å². The number of hydrogen-bond donors (Lipinski definition) is 3. The van der Waals surface area contributed by atoms with Gasteiger partial charge in [0.15, 0.2) is 0 Å². The van der Waals surface area contributed by atoms with E-state index in [0.29, 0.717) is 25.3 Å². The van der Waals surface area contributed by atoms with Crippen LogP contribution < -0.4 is 16.0 Å². The Morgan fingerprint density at radius 1 is 0.878 bits per heavy atom. The average molecular weight is 573 g/mol. The molecule has 9 heteroatoms. The summed E-state index contributed by atoms with van der Waals surface area (Å²) in [7, 11) is 0. The van der Waals surface area contributed by atoms with Crippen molar-refractivity contribution < 1.29 is 24.0 Å². The van der Waals surface area contributed by atoms with E-state index < -0.39 is 35.2 Å². The fourth-order valence-corrected chi connectivity index (χ4v) is 7.26. The van der Waals surface area contributed by atoms with Crippen LogP contribution in [0.3, 0.4) is 0 Å². The predicted molar refractivity (Wildman–Crippen MR) is 156 cm³/mol. The van der Waals surface area contributed by atoms with Crippen molar-refractivity contribution in [2.75, 3.05) is 6.54 Å². The maximum Gasteiger partial charge on any atom is 0.289 e. The Hall–Kier alpha value is -2.45. The molecule has 0 aromatic rings. The van der Waals surface area contributed by atoms with Gasteiger partial charge in [0.2, 0.25) is 23.5 Å². The van der Waals surface area contributed by atoms with Crippen molar-refractivity contribution >= 4 is 29.4 Å². The van der Waals surface area contributed by atoms with Gasteiger partial charge in [-0.2, -0.15) is 0 Å². The summed E-state index contributed by atoms with van der Waals surface area (Å²) in [6, 6.07) is -2.35. The molecule has 9 nitrogen and oxygen atoms in total. The monoisotopic (exact) mass is 572 g/mol. The third-order valence-electron chi connectivity index (χ3n) is 9.96. The van der Waals surface area contributed by atoms with Crippen LogP contribution in [0.5, 0.6) is 0 Å².